The average Bonchev–Trinajstić information content (AvgIpc) is 3.48. The van der Waals surface area contributed by atoms with Crippen LogP contribution in [0, 0.1) is 0 Å². The number of para-hydroxylation sites is 1. The van der Waals surface area contributed by atoms with Gasteiger partial charge in [0.15, 0.2) is 11.5 Å². The van der Waals surface area contributed by atoms with Gasteiger partial charge in [-0.05, 0) is 42.0 Å². The molecule has 1 aliphatic rings. The van der Waals surface area contributed by atoms with E-state index in [0.717, 1.165) is 9.86 Å². The van der Waals surface area contributed by atoms with E-state index in [-0.39, 0.29) is 17.9 Å². The maximum absolute atomic E-state index is 13.5. The van der Waals surface area contributed by atoms with Crippen molar-refractivity contribution in [2.75, 3.05) is 0 Å². The molecule has 2 aromatic carbocycles. The van der Waals surface area contributed by atoms with Crippen molar-refractivity contribution in [1.82, 2.24) is 4.90 Å². The number of aliphatic hydroxyl groups is 1. The van der Waals surface area contributed by atoms with E-state index >= 15 is 0 Å². The number of hydrogen-bond acceptors (Lipinski definition) is 5. The van der Waals surface area contributed by atoms with Crippen LogP contribution in [0.3, 0.4) is 0 Å². The molecule has 0 radical (unpaired) electrons. The second kappa shape index (κ2) is 7.59. The number of carbonyl (C=O) groups is 2. The number of fused-ring (bicyclic) bond motifs is 1. The molecule has 1 unspecified atom stereocenters. The summed E-state index contributed by atoms with van der Waals surface area (Å²) in [6, 6.07) is 18.8. The Kier molecular flexibility index (Phi) is 4.75. The van der Waals surface area contributed by atoms with Crippen LogP contribution in [0.25, 0.3) is 11.0 Å². The molecule has 3 heterocycles. The highest BCUT2D eigenvalue weighted by Crippen LogP contribution is 2.41. The van der Waals surface area contributed by atoms with E-state index in [2.05, 4.69) is 15.9 Å². The van der Waals surface area contributed by atoms with Crippen LogP contribution in [-0.4, -0.2) is 21.7 Å². The van der Waals surface area contributed by atoms with Gasteiger partial charge in [0.2, 0.25) is 5.78 Å². The van der Waals surface area contributed by atoms with Crippen LogP contribution >= 0.6 is 15.9 Å². The molecule has 1 atom stereocenters. The van der Waals surface area contributed by atoms with Crippen LogP contribution in [-0.2, 0) is 11.3 Å². The largest absolute Gasteiger partial charge is 0.503 e. The van der Waals surface area contributed by atoms with E-state index in [1.165, 1.54) is 11.2 Å². The monoisotopic (exact) mass is 477 g/mol. The lowest BCUT2D eigenvalue weighted by Gasteiger charge is -2.26. The third-order valence-corrected chi connectivity index (χ3v) is 5.76. The van der Waals surface area contributed by atoms with Crippen LogP contribution in [0.5, 0.6) is 0 Å². The van der Waals surface area contributed by atoms with Gasteiger partial charge in [-0.25, -0.2) is 0 Å². The number of hydrogen-bond donors (Lipinski definition) is 1. The number of furan rings is 2. The molecule has 1 N–H and O–H groups in total. The third-order valence-electron chi connectivity index (χ3n) is 5.27. The van der Waals surface area contributed by atoms with Crippen molar-refractivity contribution in [2.45, 2.75) is 12.6 Å². The zero-order valence-corrected chi connectivity index (χ0v) is 17.7. The standard InChI is InChI=1S/C24H16BrNO5/c25-16-7-3-6-15(11-16)21-20(22(27)19-12-14-5-1-2-9-18(14)31-19)23(28)24(29)26(21)13-17-8-4-10-30-17/h1-12,21,28H,13H2. The first-order valence-electron chi connectivity index (χ1n) is 9.58. The molecule has 0 fully saturated rings. The maximum Gasteiger partial charge on any atom is 0.290 e. The Hall–Kier alpha value is -3.58. The lowest BCUT2D eigenvalue weighted by molar-refractivity contribution is -0.130. The van der Waals surface area contributed by atoms with Gasteiger partial charge in [0.25, 0.3) is 5.91 Å². The summed E-state index contributed by atoms with van der Waals surface area (Å²) in [5.74, 6) is -1.15. The fourth-order valence-electron chi connectivity index (χ4n) is 3.87. The van der Waals surface area contributed by atoms with Crippen molar-refractivity contribution in [3.05, 3.63) is 106 Å². The van der Waals surface area contributed by atoms with Gasteiger partial charge in [-0.3, -0.25) is 9.59 Å². The Morgan fingerprint density at radius 3 is 2.65 bits per heavy atom. The molecule has 0 saturated carbocycles. The van der Waals surface area contributed by atoms with Crippen molar-refractivity contribution < 1.29 is 23.5 Å². The number of benzene rings is 2. The topological polar surface area (TPSA) is 83.9 Å². The van der Waals surface area contributed by atoms with Crippen molar-refractivity contribution in [3.8, 4) is 0 Å². The summed E-state index contributed by atoms with van der Waals surface area (Å²) in [5.41, 5.74) is 1.22. The molecule has 31 heavy (non-hydrogen) atoms. The van der Waals surface area contributed by atoms with Crippen LogP contribution in [0.1, 0.15) is 27.9 Å². The molecular weight excluding hydrogens is 462 g/mol. The fourth-order valence-corrected chi connectivity index (χ4v) is 4.29. The summed E-state index contributed by atoms with van der Waals surface area (Å²) in [6.45, 7) is 0.101. The molecule has 4 aromatic rings. The Balaban J connectivity index is 1.62. The van der Waals surface area contributed by atoms with Crippen molar-refractivity contribution >= 4 is 38.6 Å². The minimum Gasteiger partial charge on any atom is -0.503 e. The van der Waals surface area contributed by atoms with Gasteiger partial charge in [-0.15, -0.1) is 0 Å². The summed E-state index contributed by atoms with van der Waals surface area (Å²) < 4.78 is 11.9. The molecule has 1 amide bonds. The van der Waals surface area contributed by atoms with E-state index in [1.54, 1.807) is 24.3 Å². The van der Waals surface area contributed by atoms with Gasteiger partial charge < -0.3 is 18.8 Å². The summed E-state index contributed by atoms with van der Waals surface area (Å²) in [5, 5.41) is 11.5. The maximum atomic E-state index is 13.5. The number of nitrogens with zero attached hydrogens (tertiary/aromatic N) is 1. The Bertz CT molecular complexity index is 1300. The number of aliphatic hydroxyl groups excluding tert-OH is 1. The second-order valence-electron chi connectivity index (χ2n) is 7.21. The van der Waals surface area contributed by atoms with Gasteiger partial charge >= 0.3 is 0 Å². The first-order chi connectivity index (χ1) is 15.0. The van der Waals surface area contributed by atoms with Gasteiger partial charge in [0.05, 0.1) is 24.4 Å². The molecule has 0 saturated heterocycles. The number of carbonyl (C=O) groups excluding carboxylic acids is 2. The average molecular weight is 478 g/mol. The molecule has 0 spiro atoms. The zero-order valence-electron chi connectivity index (χ0n) is 16.1. The van der Waals surface area contributed by atoms with Crippen LogP contribution in [0.4, 0.5) is 0 Å². The molecule has 6 nitrogen and oxygen atoms in total. The number of Topliss-reactive ketones (excluding diaryl/α,β-unsaturated/α-hetero) is 1. The minimum absolute atomic E-state index is 0.0197. The molecule has 2 aromatic heterocycles. The molecule has 0 aliphatic carbocycles. The van der Waals surface area contributed by atoms with Crippen molar-refractivity contribution in [2.24, 2.45) is 0 Å². The molecule has 7 heteroatoms. The molecule has 0 bridgehead atoms. The predicted molar refractivity (Wildman–Crippen MR) is 116 cm³/mol. The predicted octanol–water partition coefficient (Wildman–Crippen LogP) is 5.57. The van der Waals surface area contributed by atoms with Gasteiger partial charge in [0, 0.05) is 9.86 Å². The van der Waals surface area contributed by atoms with E-state index in [4.69, 9.17) is 8.83 Å². The Morgan fingerprint density at radius 2 is 1.90 bits per heavy atom. The Morgan fingerprint density at radius 1 is 1.06 bits per heavy atom. The van der Waals surface area contributed by atoms with Crippen LogP contribution < -0.4 is 0 Å². The SMILES string of the molecule is O=C(C1=C(O)C(=O)N(Cc2ccco2)C1c1cccc(Br)c1)c1cc2ccccc2o1. The first-order valence-corrected chi connectivity index (χ1v) is 10.4. The molecule has 154 valence electrons. The van der Waals surface area contributed by atoms with E-state index < -0.39 is 23.5 Å². The summed E-state index contributed by atoms with van der Waals surface area (Å²) in [6.07, 6.45) is 1.51. The van der Waals surface area contributed by atoms with Gasteiger partial charge in [0.1, 0.15) is 11.3 Å². The summed E-state index contributed by atoms with van der Waals surface area (Å²) >= 11 is 3.44. The summed E-state index contributed by atoms with van der Waals surface area (Å²) in [7, 11) is 0. The molecular formula is C24H16BrNO5. The van der Waals surface area contributed by atoms with Gasteiger partial charge in [-0.2, -0.15) is 0 Å². The Labute approximate surface area is 185 Å². The van der Waals surface area contributed by atoms with Gasteiger partial charge in [-0.1, -0.05) is 46.3 Å². The quantitative estimate of drug-likeness (QED) is 0.380. The van der Waals surface area contributed by atoms with Crippen LogP contribution in [0.2, 0.25) is 0 Å². The number of halogens is 1. The minimum atomic E-state index is -0.796. The zero-order chi connectivity index (χ0) is 21.5. The fraction of sp³-hybridized carbons (Fsp3) is 0.0833. The third kappa shape index (κ3) is 3.37. The van der Waals surface area contributed by atoms with E-state index in [9.17, 15) is 14.7 Å². The van der Waals surface area contributed by atoms with Crippen LogP contribution in [0.15, 0.2) is 97.6 Å². The van der Waals surface area contributed by atoms with Crippen molar-refractivity contribution in [3.63, 3.8) is 0 Å². The second-order valence-corrected chi connectivity index (χ2v) is 8.13. The molecule has 1 aliphatic heterocycles. The lowest BCUT2D eigenvalue weighted by atomic mass is 9.95. The van der Waals surface area contributed by atoms with E-state index in [0.29, 0.717) is 16.9 Å². The highest BCUT2D eigenvalue weighted by molar-refractivity contribution is 9.10. The normalized spacial score (nSPS) is 16.5. The highest BCUT2D eigenvalue weighted by atomic mass is 79.9. The van der Waals surface area contributed by atoms with E-state index in [1.807, 2.05) is 42.5 Å². The summed E-state index contributed by atoms with van der Waals surface area (Å²) in [4.78, 5) is 27.9. The van der Waals surface area contributed by atoms with Crippen molar-refractivity contribution in [1.29, 1.82) is 0 Å². The number of ketones is 1. The smallest absolute Gasteiger partial charge is 0.290 e. The number of amides is 1. The lowest BCUT2D eigenvalue weighted by Crippen LogP contribution is -2.30. The molecule has 5 rings (SSSR count). The first kappa shape index (κ1) is 19.4. The number of rotatable bonds is 5. The highest BCUT2D eigenvalue weighted by Gasteiger charge is 2.44.